The van der Waals surface area contributed by atoms with E-state index in [1.165, 1.54) is 12.8 Å². The van der Waals surface area contributed by atoms with Crippen molar-refractivity contribution in [3.05, 3.63) is 6.20 Å². The lowest BCUT2D eigenvalue weighted by Gasteiger charge is -2.29. The van der Waals surface area contributed by atoms with E-state index in [2.05, 4.69) is 30.8 Å². The second kappa shape index (κ2) is 5.77. The summed E-state index contributed by atoms with van der Waals surface area (Å²) in [7, 11) is 1.91. The van der Waals surface area contributed by atoms with Crippen molar-refractivity contribution < 1.29 is 0 Å². The van der Waals surface area contributed by atoms with Crippen molar-refractivity contribution in [1.82, 2.24) is 9.78 Å². The molecule has 0 aliphatic rings. The first-order chi connectivity index (χ1) is 7.60. The van der Waals surface area contributed by atoms with E-state index in [1.54, 1.807) is 4.68 Å². The number of nitrogen functional groups attached to an aromatic ring is 1. The topological polar surface area (TPSA) is 47.1 Å². The summed E-state index contributed by atoms with van der Waals surface area (Å²) in [6.07, 6.45) is 5.36. The van der Waals surface area contributed by atoms with E-state index in [-0.39, 0.29) is 0 Å². The molecular formula is C12H24N4. The average molecular weight is 224 g/mol. The van der Waals surface area contributed by atoms with Crippen LogP contribution in [-0.4, -0.2) is 22.4 Å². The van der Waals surface area contributed by atoms with Gasteiger partial charge in [-0.15, -0.1) is 0 Å². The minimum Gasteiger partial charge on any atom is -0.394 e. The third-order valence-electron chi connectivity index (χ3n) is 2.98. The predicted octanol–water partition coefficient (Wildman–Crippen LogP) is 2.41. The van der Waals surface area contributed by atoms with E-state index in [0.29, 0.717) is 6.04 Å². The normalized spacial score (nSPS) is 12.8. The average Bonchev–Trinajstić information content (AvgIpc) is 2.58. The van der Waals surface area contributed by atoms with E-state index in [9.17, 15) is 0 Å². The van der Waals surface area contributed by atoms with Crippen LogP contribution in [0.25, 0.3) is 0 Å². The lowest BCUT2D eigenvalue weighted by molar-refractivity contribution is 0.584. The molecule has 4 nitrogen and oxygen atoms in total. The number of hydrogen-bond acceptors (Lipinski definition) is 3. The van der Waals surface area contributed by atoms with Crippen LogP contribution in [0.2, 0.25) is 0 Å². The Hall–Kier alpha value is -1.19. The van der Waals surface area contributed by atoms with Crippen LogP contribution < -0.4 is 10.6 Å². The predicted molar refractivity (Wildman–Crippen MR) is 69.6 cm³/mol. The number of aromatic nitrogens is 2. The summed E-state index contributed by atoms with van der Waals surface area (Å²) in [6, 6.07) is 0.490. The van der Waals surface area contributed by atoms with Gasteiger partial charge in [0.25, 0.3) is 0 Å². The Balaban J connectivity index is 2.86. The maximum absolute atomic E-state index is 5.98. The Morgan fingerprint density at radius 3 is 2.62 bits per heavy atom. The molecule has 0 radical (unpaired) electrons. The highest BCUT2D eigenvalue weighted by Crippen LogP contribution is 2.23. The first kappa shape index (κ1) is 12.9. The van der Waals surface area contributed by atoms with E-state index < -0.39 is 0 Å². The van der Waals surface area contributed by atoms with Crippen molar-refractivity contribution in [2.24, 2.45) is 7.05 Å². The summed E-state index contributed by atoms with van der Waals surface area (Å²) in [5.74, 6) is 0.935. The number of unbranched alkanes of at least 4 members (excludes halogenated alkanes) is 1. The molecule has 0 saturated heterocycles. The number of anilines is 2. The monoisotopic (exact) mass is 224 g/mol. The zero-order valence-corrected chi connectivity index (χ0v) is 10.9. The maximum Gasteiger partial charge on any atom is 0.174 e. The van der Waals surface area contributed by atoms with Crippen molar-refractivity contribution >= 4 is 11.5 Å². The van der Waals surface area contributed by atoms with Gasteiger partial charge < -0.3 is 10.6 Å². The van der Waals surface area contributed by atoms with E-state index in [4.69, 9.17) is 5.73 Å². The molecule has 1 atom stereocenters. The number of nitrogens with two attached hydrogens (primary N) is 1. The molecule has 1 rings (SSSR count). The summed E-state index contributed by atoms with van der Waals surface area (Å²) in [4.78, 5) is 2.32. The molecule has 0 aromatic carbocycles. The molecule has 4 heteroatoms. The molecule has 1 aromatic rings. The molecule has 0 aliphatic carbocycles. The number of hydrogen-bond donors (Lipinski definition) is 1. The van der Waals surface area contributed by atoms with Crippen LogP contribution in [0.3, 0.4) is 0 Å². The second-order valence-corrected chi connectivity index (χ2v) is 4.39. The Morgan fingerprint density at radius 2 is 2.19 bits per heavy atom. The molecule has 0 bridgehead atoms. The number of nitrogens with zero attached hydrogens (tertiary/aromatic N) is 3. The quantitative estimate of drug-likeness (QED) is 0.807. The summed E-state index contributed by atoms with van der Waals surface area (Å²) in [5, 5.41) is 4.45. The number of rotatable bonds is 6. The second-order valence-electron chi connectivity index (χ2n) is 4.39. The molecule has 0 amide bonds. The molecule has 0 fully saturated rings. The van der Waals surface area contributed by atoms with Crippen LogP contribution >= 0.6 is 0 Å². The third-order valence-corrected chi connectivity index (χ3v) is 2.98. The van der Waals surface area contributed by atoms with E-state index in [0.717, 1.165) is 24.5 Å². The summed E-state index contributed by atoms with van der Waals surface area (Å²) in [6.45, 7) is 7.66. The van der Waals surface area contributed by atoms with Gasteiger partial charge in [-0.05, 0) is 19.8 Å². The fraction of sp³-hybridized carbons (Fsp3) is 0.750. The van der Waals surface area contributed by atoms with E-state index >= 15 is 0 Å². The van der Waals surface area contributed by atoms with Gasteiger partial charge in [0.05, 0.1) is 5.69 Å². The third kappa shape index (κ3) is 2.90. The molecule has 0 aliphatic heterocycles. The first-order valence-corrected chi connectivity index (χ1v) is 6.15. The lowest BCUT2D eigenvalue weighted by atomic mass is 10.2. The van der Waals surface area contributed by atoms with Gasteiger partial charge >= 0.3 is 0 Å². The smallest absolute Gasteiger partial charge is 0.174 e. The Morgan fingerprint density at radius 1 is 1.50 bits per heavy atom. The van der Waals surface area contributed by atoms with Gasteiger partial charge in [-0.25, -0.2) is 0 Å². The van der Waals surface area contributed by atoms with Gasteiger partial charge in [0.15, 0.2) is 5.82 Å². The maximum atomic E-state index is 5.98. The molecule has 0 spiro atoms. The highest BCUT2D eigenvalue weighted by atomic mass is 15.4. The fourth-order valence-electron chi connectivity index (χ4n) is 1.80. The van der Waals surface area contributed by atoms with Crippen molar-refractivity contribution in [1.29, 1.82) is 0 Å². The molecular weight excluding hydrogens is 200 g/mol. The van der Waals surface area contributed by atoms with Crippen LogP contribution in [0.15, 0.2) is 6.20 Å². The minimum absolute atomic E-state index is 0.490. The van der Waals surface area contributed by atoms with Crippen molar-refractivity contribution in [3.63, 3.8) is 0 Å². The highest BCUT2D eigenvalue weighted by Gasteiger charge is 2.17. The molecule has 92 valence electrons. The summed E-state index contributed by atoms with van der Waals surface area (Å²) >= 11 is 0. The zero-order valence-electron chi connectivity index (χ0n) is 10.9. The Kier molecular flexibility index (Phi) is 4.65. The largest absolute Gasteiger partial charge is 0.394 e. The first-order valence-electron chi connectivity index (χ1n) is 6.15. The van der Waals surface area contributed by atoms with Gasteiger partial charge in [0.2, 0.25) is 0 Å². The molecule has 0 saturated carbocycles. The van der Waals surface area contributed by atoms with Crippen LogP contribution in [-0.2, 0) is 7.05 Å². The van der Waals surface area contributed by atoms with Crippen LogP contribution in [0.1, 0.15) is 40.0 Å². The highest BCUT2D eigenvalue weighted by molar-refractivity contribution is 5.62. The van der Waals surface area contributed by atoms with Gasteiger partial charge in [-0.2, -0.15) is 5.10 Å². The van der Waals surface area contributed by atoms with Crippen molar-refractivity contribution in [3.8, 4) is 0 Å². The van der Waals surface area contributed by atoms with Crippen LogP contribution in [0, 0.1) is 0 Å². The minimum atomic E-state index is 0.490. The SMILES string of the molecule is CCCCN(c1nn(C)cc1N)C(C)CC. The summed E-state index contributed by atoms with van der Waals surface area (Å²) < 4.78 is 1.78. The van der Waals surface area contributed by atoms with E-state index in [1.807, 2.05) is 13.2 Å². The molecule has 1 heterocycles. The van der Waals surface area contributed by atoms with Crippen LogP contribution in [0.5, 0.6) is 0 Å². The van der Waals surface area contributed by atoms with Crippen molar-refractivity contribution in [2.45, 2.75) is 46.1 Å². The lowest BCUT2D eigenvalue weighted by Crippen LogP contribution is -2.34. The van der Waals surface area contributed by atoms with Gasteiger partial charge in [0, 0.05) is 25.8 Å². The van der Waals surface area contributed by atoms with Gasteiger partial charge in [-0.1, -0.05) is 20.3 Å². The van der Waals surface area contributed by atoms with Gasteiger partial charge in [0.1, 0.15) is 0 Å². The Labute approximate surface area is 98.4 Å². The molecule has 2 N–H and O–H groups in total. The van der Waals surface area contributed by atoms with Crippen molar-refractivity contribution in [2.75, 3.05) is 17.2 Å². The molecule has 16 heavy (non-hydrogen) atoms. The van der Waals surface area contributed by atoms with Gasteiger partial charge in [-0.3, -0.25) is 4.68 Å². The molecule has 1 unspecified atom stereocenters. The fourth-order valence-corrected chi connectivity index (χ4v) is 1.80. The zero-order chi connectivity index (χ0) is 12.1. The Bertz CT molecular complexity index is 319. The summed E-state index contributed by atoms with van der Waals surface area (Å²) in [5.41, 5.74) is 6.76. The standard InChI is InChI=1S/C12H24N4/c1-5-7-8-16(10(3)6-2)12-11(13)9-15(4)14-12/h9-10H,5-8,13H2,1-4H3. The number of aryl methyl sites for hydroxylation is 1. The molecule has 1 aromatic heterocycles. The van der Waals surface area contributed by atoms with Crippen LogP contribution in [0.4, 0.5) is 11.5 Å².